The van der Waals surface area contributed by atoms with Crippen LogP contribution in [0.2, 0.25) is 0 Å². The van der Waals surface area contributed by atoms with Gasteiger partial charge in [0, 0.05) is 54.1 Å². The zero-order valence-corrected chi connectivity index (χ0v) is 24.6. The van der Waals surface area contributed by atoms with E-state index in [1.807, 2.05) is 12.1 Å². The summed E-state index contributed by atoms with van der Waals surface area (Å²) in [6.07, 6.45) is 5.17. The van der Waals surface area contributed by atoms with Gasteiger partial charge >= 0.3 is 49.4 Å². The topological polar surface area (TPSA) is 47.6 Å². The molecule has 0 aliphatic carbocycles. The molecule has 1 aliphatic heterocycles. The van der Waals surface area contributed by atoms with E-state index in [9.17, 15) is 4.79 Å². The molecule has 1 heterocycles. The van der Waals surface area contributed by atoms with E-state index in [1.54, 1.807) is 12.1 Å². The van der Waals surface area contributed by atoms with Gasteiger partial charge in [-0.15, -0.1) is 0 Å². The predicted octanol–water partition coefficient (Wildman–Crippen LogP) is 5.01. The number of benzene rings is 1. The molecule has 4 radical (unpaired) electrons. The van der Waals surface area contributed by atoms with Gasteiger partial charge in [-0.05, 0) is 24.8 Å². The van der Waals surface area contributed by atoms with E-state index < -0.39 is 5.41 Å². The van der Waals surface area contributed by atoms with Crippen molar-refractivity contribution in [1.29, 1.82) is 0 Å². The van der Waals surface area contributed by atoms with Gasteiger partial charge in [-0.25, -0.2) is 10.3 Å². The van der Waals surface area contributed by atoms with Gasteiger partial charge in [0.2, 0.25) is 5.91 Å². The van der Waals surface area contributed by atoms with Crippen molar-refractivity contribution >= 4 is 54.3 Å². The number of hydroxylamine groups is 1. The molecule has 2 rings (SSSR count). The van der Waals surface area contributed by atoms with Gasteiger partial charge in [-0.1, -0.05) is 48.6 Å². The Bertz CT molecular complexity index is 557. The third-order valence-corrected chi connectivity index (χ3v) is 4.14. The molecule has 1 aliphatic rings. The Labute approximate surface area is 227 Å². The summed E-state index contributed by atoms with van der Waals surface area (Å²) in [6.45, 7) is 8.70. The molecule has 153 valence electrons. The molecule has 28 heavy (non-hydrogen) atoms. The van der Waals surface area contributed by atoms with Crippen LogP contribution in [0.5, 0.6) is 0 Å². The maximum atomic E-state index is 12.7. The van der Waals surface area contributed by atoms with E-state index >= 15 is 0 Å². The Hall–Kier alpha value is 1.82. The number of unbranched alkanes of at least 4 members (excludes halogenated alkanes) is 1. The van der Waals surface area contributed by atoms with Crippen LogP contribution >= 0.6 is 40.0 Å². The molecule has 1 amide bonds. The molecule has 1 fully saturated rings. The molecule has 9 heteroatoms. The van der Waals surface area contributed by atoms with Crippen molar-refractivity contribution in [2.24, 2.45) is 5.41 Å². The van der Waals surface area contributed by atoms with Crippen molar-refractivity contribution < 1.29 is 57.9 Å². The van der Waals surface area contributed by atoms with Crippen molar-refractivity contribution in [2.45, 2.75) is 51.2 Å². The van der Waals surface area contributed by atoms with Crippen LogP contribution in [0.25, 0.3) is 0 Å². The molecule has 1 N–H and O–H groups in total. The van der Waals surface area contributed by atoms with Crippen molar-refractivity contribution in [3.05, 3.63) is 49.7 Å². The van der Waals surface area contributed by atoms with Crippen LogP contribution in [0.15, 0.2) is 30.3 Å². The van der Waals surface area contributed by atoms with Gasteiger partial charge in [0.25, 0.3) is 0 Å². The molecule has 4 nitrogen and oxygen atoms in total. The van der Waals surface area contributed by atoms with Crippen LogP contribution in [-0.4, -0.2) is 27.2 Å². The summed E-state index contributed by atoms with van der Waals surface area (Å²) in [5.74, 6) is -0.236. The van der Waals surface area contributed by atoms with E-state index in [2.05, 4.69) is 59.3 Å². The monoisotopic (exact) mass is 723 g/mol. The third kappa shape index (κ3) is 13.3. The van der Waals surface area contributed by atoms with E-state index in [0.29, 0.717) is 35.0 Å². The molecular weight excluding hydrogens is 695 g/mol. The van der Waals surface area contributed by atoms with Crippen LogP contribution in [0, 0.1) is 19.3 Å². The molecule has 1 aromatic carbocycles. The van der Waals surface area contributed by atoms with Gasteiger partial charge in [0.1, 0.15) is 0 Å². The standard InChI is InChI=1S/C19H27NO3.B.2HI.V.Y/c1-3-4-13-19(2,15-16-10-6-5-7-11-16)18(21)20-23-17-12-8-9-14-22-17;;;;;/h5-7,10-11,17H,1-4,8-9,12-15H2,(H,20,21);;2*1H;;/q-2;;;;+2;/p-2/i5D;;;;;. The normalized spacial score (nSPS) is 18.0. The molecule has 0 spiro atoms. The summed E-state index contributed by atoms with van der Waals surface area (Å²) in [4.78, 5) is 18.1. The Morgan fingerprint density at radius 3 is 2.61 bits per heavy atom. The zero-order valence-electron chi connectivity index (χ0n) is 17.0. The second-order valence-corrected chi connectivity index (χ2v) is 18.0. The van der Waals surface area contributed by atoms with E-state index in [4.69, 9.17) is 10.9 Å². The summed E-state index contributed by atoms with van der Waals surface area (Å²) in [7, 11) is 0.628. The third-order valence-electron chi connectivity index (χ3n) is 4.14. The van der Waals surface area contributed by atoms with Gasteiger partial charge in [-0.3, -0.25) is 4.79 Å². The van der Waals surface area contributed by atoms with Gasteiger partial charge < -0.3 is 18.6 Å². The first-order chi connectivity index (χ1) is 12.9. The van der Waals surface area contributed by atoms with Crippen LogP contribution in [0.1, 0.15) is 45.5 Å². The molecule has 1 aromatic rings. The average Bonchev–Trinajstić information content (AvgIpc) is 2.68. The Balaban J connectivity index is 0. The number of ether oxygens (including phenoxy) is 1. The SMILES string of the molecule is [2H]c1ccc(CC([CH2-])(CCC[CH2-])C(=O)NOC2CCCCO2)cc1.[B].[I][V][I].[Y]. The second kappa shape index (κ2) is 19.5. The average molecular weight is 723 g/mol. The largest absolute Gasteiger partial charge is 0 e. The predicted molar refractivity (Wildman–Crippen MR) is 124 cm³/mol. The van der Waals surface area contributed by atoms with Gasteiger partial charge in [0.15, 0.2) is 6.29 Å². The van der Waals surface area contributed by atoms with E-state index in [1.165, 1.54) is 0 Å². The molecule has 1 saturated heterocycles. The minimum Gasteiger partial charge on any atom is 0 e. The fourth-order valence-corrected chi connectivity index (χ4v) is 2.71. The van der Waals surface area contributed by atoms with Crippen LogP contribution in [0.3, 0.4) is 0 Å². The summed E-state index contributed by atoms with van der Waals surface area (Å²) < 4.78 is 13.0. The summed E-state index contributed by atoms with van der Waals surface area (Å²) in [6, 6.07) is 7.63. The summed E-state index contributed by atoms with van der Waals surface area (Å²) in [5, 5.41) is 0. The maximum Gasteiger partial charge on any atom is 0 e. The Morgan fingerprint density at radius 2 is 2.07 bits per heavy atom. The van der Waals surface area contributed by atoms with Gasteiger partial charge in [0.05, 0.1) is 1.37 Å². The van der Waals surface area contributed by atoms with Gasteiger partial charge in [-0.2, -0.15) is 6.42 Å². The number of halogens is 2. The van der Waals surface area contributed by atoms with Crippen molar-refractivity contribution in [3.8, 4) is 0 Å². The number of hydrogen-bond donors (Lipinski definition) is 1. The second-order valence-electron chi connectivity index (χ2n) is 6.23. The molecule has 0 saturated carbocycles. The number of amides is 1. The number of rotatable bonds is 8. The molecular formula is C19H27BI2NO3VY-2. The minimum atomic E-state index is -0.824. The fourth-order valence-electron chi connectivity index (χ4n) is 2.71. The van der Waals surface area contributed by atoms with E-state index in [0.717, 1.165) is 37.7 Å². The molecule has 2 atom stereocenters. The first kappa shape index (κ1) is 29.8. The molecule has 0 bridgehead atoms. The van der Waals surface area contributed by atoms with Crippen molar-refractivity contribution in [1.82, 2.24) is 5.48 Å². The Kier molecular flexibility index (Phi) is 20.8. The van der Waals surface area contributed by atoms with Crippen molar-refractivity contribution in [3.63, 3.8) is 0 Å². The van der Waals surface area contributed by atoms with Crippen LogP contribution < -0.4 is 5.48 Å². The van der Waals surface area contributed by atoms with Crippen LogP contribution in [-0.2, 0) is 63.0 Å². The Morgan fingerprint density at radius 1 is 1.43 bits per heavy atom. The number of hydrogen-bond acceptors (Lipinski definition) is 3. The number of nitrogens with one attached hydrogen (secondary N) is 1. The maximum absolute atomic E-state index is 12.7. The number of carbonyl (C=O) groups excluding carboxylic acids is 1. The minimum absolute atomic E-state index is 0. The van der Waals surface area contributed by atoms with Crippen LogP contribution in [0.4, 0.5) is 0 Å². The fraction of sp³-hybridized carbons (Fsp3) is 0.526. The first-order valence-corrected chi connectivity index (χ1v) is 17.7. The summed E-state index contributed by atoms with van der Waals surface area (Å²) in [5.41, 5.74) is 2.71. The smallest absolute Gasteiger partial charge is 0 e. The number of carbonyl (C=O) groups is 1. The zero-order chi connectivity index (χ0) is 20.1. The van der Waals surface area contributed by atoms with E-state index in [-0.39, 0.29) is 53.3 Å². The first-order valence-electron chi connectivity index (χ1n) is 9.15. The quantitative estimate of drug-likeness (QED) is 0.178. The molecule has 2 unspecified atom stereocenters. The summed E-state index contributed by atoms with van der Waals surface area (Å²) >= 11 is 4.74. The molecule has 0 aromatic heterocycles. The van der Waals surface area contributed by atoms with Crippen molar-refractivity contribution in [2.75, 3.05) is 6.61 Å².